The number of hydrogen-bond acceptors (Lipinski definition) is 6. The van der Waals surface area contributed by atoms with Crippen LogP contribution in [0.5, 0.6) is 11.5 Å². The minimum atomic E-state index is -0.804. The Morgan fingerprint density at radius 2 is 1.90 bits per heavy atom. The molecule has 0 unspecified atom stereocenters. The summed E-state index contributed by atoms with van der Waals surface area (Å²) in [6.45, 7) is 0.285. The van der Waals surface area contributed by atoms with Crippen LogP contribution in [-0.2, 0) is 19.1 Å². The number of methoxy groups -OCH3 is 2. The molecule has 0 spiro atoms. The Morgan fingerprint density at radius 1 is 1.24 bits per heavy atom. The van der Waals surface area contributed by atoms with Crippen molar-refractivity contribution >= 4 is 18.0 Å². The van der Waals surface area contributed by atoms with Crippen LogP contribution in [0.25, 0.3) is 6.08 Å². The van der Waals surface area contributed by atoms with Crippen LogP contribution in [0.2, 0.25) is 0 Å². The third-order valence-electron chi connectivity index (χ3n) is 2.93. The summed E-state index contributed by atoms with van der Waals surface area (Å²) in [5.74, 6) is 0.129. The molecule has 0 aromatic heterocycles. The van der Waals surface area contributed by atoms with Crippen molar-refractivity contribution < 1.29 is 28.5 Å². The number of hydrogen-bond donors (Lipinski definition) is 0. The molecule has 2 rings (SSSR count). The fraction of sp³-hybridized carbons (Fsp3) is 0.333. The maximum absolute atomic E-state index is 11.6. The van der Waals surface area contributed by atoms with E-state index in [2.05, 4.69) is 0 Å². The Morgan fingerprint density at radius 3 is 2.43 bits per heavy atom. The van der Waals surface area contributed by atoms with Crippen molar-refractivity contribution in [2.75, 3.05) is 20.8 Å². The molecule has 21 heavy (non-hydrogen) atoms. The zero-order valence-corrected chi connectivity index (χ0v) is 11.8. The molecule has 1 aromatic carbocycles. The Labute approximate surface area is 122 Å². The van der Waals surface area contributed by atoms with Gasteiger partial charge in [-0.3, -0.25) is 0 Å². The van der Waals surface area contributed by atoms with Gasteiger partial charge in [0.1, 0.15) is 11.5 Å². The molecule has 1 atom stereocenters. The van der Waals surface area contributed by atoms with Gasteiger partial charge in [0.05, 0.1) is 20.8 Å². The molecule has 1 saturated heterocycles. The predicted molar refractivity (Wildman–Crippen MR) is 74.0 cm³/mol. The summed E-state index contributed by atoms with van der Waals surface area (Å²) in [4.78, 5) is 22.8. The lowest BCUT2D eigenvalue weighted by molar-refractivity contribution is -0.156. The number of esters is 2. The number of carbonyl (C=O) groups excluding carboxylic acids is 2. The second kappa shape index (κ2) is 6.78. The van der Waals surface area contributed by atoms with E-state index in [-0.39, 0.29) is 6.61 Å². The lowest BCUT2D eigenvalue weighted by atomic mass is 10.2. The summed E-state index contributed by atoms with van der Waals surface area (Å²) < 4.78 is 20.0. The standard InChI is InChI=1S/C15H16O6/c1-18-11-7-10(8-12(9-11)19-2)3-4-14(16)21-13-5-6-20-15(13)17/h3-4,7-9,13H,5-6H2,1-2H3/b4-3+/t13-/m0/s1. The molecular formula is C15H16O6. The van der Waals surface area contributed by atoms with Gasteiger partial charge in [0.25, 0.3) is 0 Å². The molecular weight excluding hydrogens is 276 g/mol. The Bertz CT molecular complexity index is 541. The molecule has 0 aliphatic carbocycles. The number of ether oxygens (including phenoxy) is 4. The smallest absolute Gasteiger partial charge is 0.347 e. The summed E-state index contributed by atoms with van der Waals surface area (Å²) >= 11 is 0. The first-order valence-corrected chi connectivity index (χ1v) is 6.41. The highest BCUT2D eigenvalue weighted by Gasteiger charge is 2.29. The highest BCUT2D eigenvalue weighted by Crippen LogP contribution is 2.23. The Kier molecular flexibility index (Phi) is 4.81. The SMILES string of the molecule is COc1cc(/C=C/C(=O)O[C@H]2CCOC2=O)cc(OC)c1. The molecule has 1 heterocycles. The first kappa shape index (κ1) is 14.9. The van der Waals surface area contributed by atoms with Crippen molar-refractivity contribution in [1.82, 2.24) is 0 Å². The van der Waals surface area contributed by atoms with Gasteiger partial charge in [0, 0.05) is 18.6 Å². The van der Waals surface area contributed by atoms with Gasteiger partial charge in [-0.25, -0.2) is 9.59 Å². The first-order valence-electron chi connectivity index (χ1n) is 6.41. The summed E-state index contributed by atoms with van der Waals surface area (Å²) in [6, 6.07) is 5.22. The average Bonchev–Trinajstić information content (AvgIpc) is 2.90. The van der Waals surface area contributed by atoms with E-state index in [1.165, 1.54) is 6.08 Å². The number of benzene rings is 1. The van der Waals surface area contributed by atoms with Crippen LogP contribution in [0.15, 0.2) is 24.3 Å². The molecule has 0 amide bonds. The molecule has 0 saturated carbocycles. The van der Waals surface area contributed by atoms with Crippen LogP contribution < -0.4 is 9.47 Å². The van der Waals surface area contributed by atoms with E-state index in [4.69, 9.17) is 18.9 Å². The van der Waals surface area contributed by atoms with Crippen LogP contribution >= 0.6 is 0 Å². The second-order valence-corrected chi connectivity index (χ2v) is 4.36. The van der Waals surface area contributed by atoms with Crippen molar-refractivity contribution in [2.45, 2.75) is 12.5 Å². The quantitative estimate of drug-likeness (QED) is 0.606. The zero-order chi connectivity index (χ0) is 15.2. The van der Waals surface area contributed by atoms with E-state index in [0.717, 1.165) is 5.56 Å². The molecule has 1 fully saturated rings. The number of cyclic esters (lactones) is 1. The van der Waals surface area contributed by atoms with E-state index in [0.29, 0.717) is 17.9 Å². The predicted octanol–water partition coefficient (Wildman–Crippen LogP) is 1.58. The van der Waals surface area contributed by atoms with E-state index in [1.807, 2.05) is 0 Å². The molecule has 112 valence electrons. The fourth-order valence-corrected chi connectivity index (χ4v) is 1.85. The van der Waals surface area contributed by atoms with Gasteiger partial charge in [-0.05, 0) is 23.8 Å². The maximum atomic E-state index is 11.6. The third kappa shape index (κ3) is 3.98. The van der Waals surface area contributed by atoms with E-state index in [9.17, 15) is 9.59 Å². The summed E-state index contributed by atoms with van der Waals surface area (Å²) in [5.41, 5.74) is 0.720. The van der Waals surface area contributed by atoms with Crippen LogP contribution in [0.3, 0.4) is 0 Å². The van der Waals surface area contributed by atoms with Crippen LogP contribution in [0.4, 0.5) is 0 Å². The molecule has 1 aliphatic rings. The summed E-state index contributed by atoms with van der Waals surface area (Å²) in [5, 5.41) is 0. The van der Waals surface area contributed by atoms with Crippen LogP contribution in [0.1, 0.15) is 12.0 Å². The molecule has 6 heteroatoms. The number of rotatable bonds is 5. The van der Waals surface area contributed by atoms with Gasteiger partial charge < -0.3 is 18.9 Å². The third-order valence-corrected chi connectivity index (χ3v) is 2.93. The lowest BCUT2D eigenvalue weighted by Crippen LogP contribution is -2.21. The molecule has 6 nitrogen and oxygen atoms in total. The monoisotopic (exact) mass is 292 g/mol. The number of carbonyl (C=O) groups is 2. The van der Waals surface area contributed by atoms with Crippen molar-refractivity contribution in [3.63, 3.8) is 0 Å². The second-order valence-electron chi connectivity index (χ2n) is 4.36. The molecule has 0 radical (unpaired) electrons. The Hall–Kier alpha value is -2.50. The van der Waals surface area contributed by atoms with Crippen molar-refractivity contribution in [1.29, 1.82) is 0 Å². The van der Waals surface area contributed by atoms with E-state index in [1.54, 1.807) is 38.5 Å². The van der Waals surface area contributed by atoms with Gasteiger partial charge in [-0.1, -0.05) is 0 Å². The molecule has 1 aromatic rings. The van der Waals surface area contributed by atoms with Gasteiger partial charge >= 0.3 is 11.9 Å². The van der Waals surface area contributed by atoms with Gasteiger partial charge in [0.15, 0.2) is 0 Å². The lowest BCUT2D eigenvalue weighted by Gasteiger charge is -2.06. The highest BCUT2D eigenvalue weighted by molar-refractivity contribution is 5.89. The minimum Gasteiger partial charge on any atom is -0.497 e. The summed E-state index contributed by atoms with van der Waals surface area (Å²) in [6.07, 6.45) is 2.40. The Balaban J connectivity index is 2.02. The molecule has 0 N–H and O–H groups in total. The molecule has 0 bridgehead atoms. The fourth-order valence-electron chi connectivity index (χ4n) is 1.85. The maximum Gasteiger partial charge on any atom is 0.347 e. The van der Waals surface area contributed by atoms with Gasteiger partial charge in [0.2, 0.25) is 6.10 Å². The zero-order valence-electron chi connectivity index (χ0n) is 11.8. The van der Waals surface area contributed by atoms with Crippen molar-refractivity contribution in [2.24, 2.45) is 0 Å². The van der Waals surface area contributed by atoms with E-state index >= 15 is 0 Å². The van der Waals surface area contributed by atoms with Gasteiger partial charge in [-0.15, -0.1) is 0 Å². The average molecular weight is 292 g/mol. The van der Waals surface area contributed by atoms with Crippen LogP contribution in [0, 0.1) is 0 Å². The van der Waals surface area contributed by atoms with E-state index < -0.39 is 18.0 Å². The van der Waals surface area contributed by atoms with Gasteiger partial charge in [-0.2, -0.15) is 0 Å². The highest BCUT2D eigenvalue weighted by atomic mass is 16.6. The largest absolute Gasteiger partial charge is 0.497 e. The minimum absolute atomic E-state index is 0.285. The van der Waals surface area contributed by atoms with Crippen LogP contribution in [-0.4, -0.2) is 38.9 Å². The molecule has 1 aliphatic heterocycles. The summed E-state index contributed by atoms with van der Waals surface area (Å²) in [7, 11) is 3.09. The normalized spacial score (nSPS) is 17.6. The van der Waals surface area contributed by atoms with Crippen molar-refractivity contribution in [3.8, 4) is 11.5 Å². The topological polar surface area (TPSA) is 71.1 Å². The van der Waals surface area contributed by atoms with Crippen molar-refractivity contribution in [3.05, 3.63) is 29.8 Å². The first-order chi connectivity index (χ1) is 10.1.